The molecule has 14 heavy (non-hydrogen) atoms. The Bertz CT molecular complexity index is 355. The van der Waals surface area contributed by atoms with Crippen molar-refractivity contribution < 1.29 is 9.53 Å². The minimum Gasteiger partial charge on any atom is -0.379 e. The second-order valence-electron chi connectivity index (χ2n) is 3.76. The van der Waals surface area contributed by atoms with Gasteiger partial charge in [0.15, 0.2) is 0 Å². The van der Waals surface area contributed by atoms with E-state index in [2.05, 4.69) is 0 Å². The van der Waals surface area contributed by atoms with E-state index in [9.17, 15) is 4.79 Å². The summed E-state index contributed by atoms with van der Waals surface area (Å²) in [6, 6.07) is 3.88. The summed E-state index contributed by atoms with van der Waals surface area (Å²) in [5.41, 5.74) is -0.0797. The molecule has 0 amide bonds. The SMILES string of the molecule is CC(=O)CC1(c2ccc(Cl)s2)COC1. The van der Waals surface area contributed by atoms with Crippen molar-refractivity contribution in [2.45, 2.75) is 18.8 Å². The molecular formula is C10H11ClO2S. The van der Waals surface area contributed by atoms with E-state index < -0.39 is 0 Å². The van der Waals surface area contributed by atoms with Crippen LogP contribution in [0.4, 0.5) is 0 Å². The van der Waals surface area contributed by atoms with E-state index in [4.69, 9.17) is 16.3 Å². The molecular weight excluding hydrogens is 220 g/mol. The summed E-state index contributed by atoms with van der Waals surface area (Å²) in [4.78, 5) is 12.3. The highest BCUT2D eigenvalue weighted by Gasteiger charge is 2.42. The van der Waals surface area contributed by atoms with Crippen LogP contribution in [0.1, 0.15) is 18.2 Å². The Morgan fingerprint density at radius 2 is 2.36 bits per heavy atom. The Hall–Kier alpha value is -0.380. The van der Waals surface area contributed by atoms with Crippen molar-refractivity contribution in [3.8, 4) is 0 Å². The van der Waals surface area contributed by atoms with E-state index in [1.54, 1.807) is 18.3 Å². The summed E-state index contributed by atoms with van der Waals surface area (Å²) in [6.07, 6.45) is 0.559. The summed E-state index contributed by atoms with van der Waals surface area (Å²) in [7, 11) is 0. The third-order valence-corrected chi connectivity index (χ3v) is 3.92. The lowest BCUT2D eigenvalue weighted by atomic mass is 9.80. The van der Waals surface area contributed by atoms with Crippen LogP contribution in [0.25, 0.3) is 0 Å². The average Bonchev–Trinajstić information content (AvgIpc) is 2.44. The van der Waals surface area contributed by atoms with Crippen molar-refractivity contribution in [3.63, 3.8) is 0 Å². The maximum Gasteiger partial charge on any atom is 0.130 e. The van der Waals surface area contributed by atoms with Crippen molar-refractivity contribution in [3.05, 3.63) is 21.3 Å². The van der Waals surface area contributed by atoms with Gasteiger partial charge in [-0.2, -0.15) is 0 Å². The van der Waals surface area contributed by atoms with Gasteiger partial charge in [-0.1, -0.05) is 11.6 Å². The zero-order chi connectivity index (χ0) is 10.2. The van der Waals surface area contributed by atoms with Crippen molar-refractivity contribution in [2.75, 3.05) is 13.2 Å². The predicted molar refractivity (Wildman–Crippen MR) is 57.1 cm³/mol. The molecule has 2 nitrogen and oxygen atoms in total. The van der Waals surface area contributed by atoms with E-state index >= 15 is 0 Å². The Labute approximate surface area is 91.8 Å². The average molecular weight is 231 g/mol. The first-order valence-electron chi connectivity index (χ1n) is 4.45. The standard InChI is InChI=1S/C10H11ClO2S/c1-7(12)4-10(5-13-6-10)8-2-3-9(11)14-8/h2-3H,4-6H2,1H3. The van der Waals surface area contributed by atoms with Gasteiger partial charge in [0.25, 0.3) is 0 Å². The van der Waals surface area contributed by atoms with Crippen LogP contribution in [-0.4, -0.2) is 19.0 Å². The third-order valence-electron chi connectivity index (χ3n) is 2.44. The smallest absolute Gasteiger partial charge is 0.130 e. The molecule has 1 aliphatic rings. The number of ketones is 1. The van der Waals surface area contributed by atoms with Crippen molar-refractivity contribution in [2.24, 2.45) is 0 Å². The second kappa shape index (κ2) is 3.65. The van der Waals surface area contributed by atoms with E-state index in [1.165, 1.54) is 4.88 Å². The minimum absolute atomic E-state index is 0.0797. The number of Topliss-reactive ketones (excluding diaryl/α,β-unsaturated/α-hetero) is 1. The molecule has 1 aromatic heterocycles. The highest BCUT2D eigenvalue weighted by molar-refractivity contribution is 7.16. The number of thiophene rings is 1. The van der Waals surface area contributed by atoms with Gasteiger partial charge in [-0.3, -0.25) is 4.79 Å². The number of carbonyl (C=O) groups excluding carboxylic acids is 1. The largest absolute Gasteiger partial charge is 0.379 e. The van der Waals surface area contributed by atoms with Gasteiger partial charge in [0, 0.05) is 11.3 Å². The first kappa shape index (κ1) is 10.1. The summed E-state index contributed by atoms with van der Waals surface area (Å²) >= 11 is 7.42. The molecule has 0 bridgehead atoms. The predicted octanol–water partition coefficient (Wildman–Crippen LogP) is 2.65. The zero-order valence-corrected chi connectivity index (χ0v) is 9.45. The number of hydrogen-bond donors (Lipinski definition) is 0. The molecule has 76 valence electrons. The molecule has 0 N–H and O–H groups in total. The van der Waals surface area contributed by atoms with Gasteiger partial charge >= 0.3 is 0 Å². The summed E-state index contributed by atoms with van der Waals surface area (Å²) in [5, 5.41) is 0. The van der Waals surface area contributed by atoms with Gasteiger partial charge in [0.05, 0.1) is 23.0 Å². The molecule has 1 saturated heterocycles. The molecule has 0 unspecified atom stereocenters. The fraction of sp³-hybridized carbons (Fsp3) is 0.500. The summed E-state index contributed by atoms with van der Waals surface area (Å²) < 4.78 is 5.99. The van der Waals surface area contributed by atoms with Crippen LogP contribution in [0.2, 0.25) is 4.34 Å². The third kappa shape index (κ3) is 1.72. The molecule has 0 radical (unpaired) electrons. The number of carbonyl (C=O) groups is 1. The molecule has 2 rings (SSSR count). The number of halogens is 1. The zero-order valence-electron chi connectivity index (χ0n) is 7.88. The van der Waals surface area contributed by atoms with Gasteiger partial charge in [-0.25, -0.2) is 0 Å². The lowest BCUT2D eigenvalue weighted by molar-refractivity contribution is -0.125. The van der Waals surface area contributed by atoms with Crippen LogP contribution < -0.4 is 0 Å². The highest BCUT2D eigenvalue weighted by Crippen LogP contribution is 2.40. The Morgan fingerprint density at radius 3 is 2.71 bits per heavy atom. The number of rotatable bonds is 3. The first-order chi connectivity index (χ1) is 6.62. The fourth-order valence-corrected chi connectivity index (χ4v) is 2.96. The van der Waals surface area contributed by atoms with Crippen molar-refractivity contribution in [1.29, 1.82) is 0 Å². The molecule has 1 fully saturated rings. The van der Waals surface area contributed by atoms with Gasteiger partial charge in [0.2, 0.25) is 0 Å². The number of hydrogen-bond acceptors (Lipinski definition) is 3. The van der Waals surface area contributed by atoms with E-state index in [0.29, 0.717) is 19.6 Å². The molecule has 0 atom stereocenters. The molecule has 0 spiro atoms. The fourth-order valence-electron chi connectivity index (χ4n) is 1.76. The second-order valence-corrected chi connectivity index (χ2v) is 5.47. The summed E-state index contributed by atoms with van der Waals surface area (Å²) in [6.45, 7) is 2.90. The van der Waals surface area contributed by atoms with E-state index in [1.807, 2.05) is 12.1 Å². The maximum absolute atomic E-state index is 11.1. The van der Waals surface area contributed by atoms with E-state index in [0.717, 1.165) is 4.34 Å². The van der Waals surface area contributed by atoms with Gasteiger partial charge < -0.3 is 4.74 Å². The topological polar surface area (TPSA) is 26.3 Å². The summed E-state index contributed by atoms with van der Waals surface area (Å²) in [5.74, 6) is 0.206. The van der Waals surface area contributed by atoms with Crippen molar-refractivity contribution >= 4 is 28.7 Å². The highest BCUT2D eigenvalue weighted by atomic mass is 35.5. The van der Waals surface area contributed by atoms with Gasteiger partial charge in [-0.05, 0) is 19.1 Å². The molecule has 4 heteroatoms. The molecule has 0 aromatic carbocycles. The minimum atomic E-state index is -0.0797. The Kier molecular flexibility index (Phi) is 2.64. The van der Waals surface area contributed by atoms with Gasteiger partial charge in [-0.15, -0.1) is 11.3 Å². The van der Waals surface area contributed by atoms with Crippen LogP contribution in [-0.2, 0) is 14.9 Å². The van der Waals surface area contributed by atoms with Crippen LogP contribution in [0.3, 0.4) is 0 Å². The van der Waals surface area contributed by atoms with Crippen molar-refractivity contribution in [1.82, 2.24) is 0 Å². The van der Waals surface area contributed by atoms with E-state index in [-0.39, 0.29) is 11.2 Å². The first-order valence-corrected chi connectivity index (χ1v) is 5.65. The quantitative estimate of drug-likeness (QED) is 0.798. The number of ether oxygens (including phenoxy) is 1. The lowest BCUT2D eigenvalue weighted by Gasteiger charge is -2.40. The molecule has 2 heterocycles. The van der Waals surface area contributed by atoms with Gasteiger partial charge in [0.1, 0.15) is 5.78 Å². The van der Waals surface area contributed by atoms with Crippen LogP contribution in [0.5, 0.6) is 0 Å². The normalized spacial score (nSPS) is 19.0. The molecule has 0 aliphatic carbocycles. The van der Waals surface area contributed by atoms with Crippen LogP contribution in [0.15, 0.2) is 12.1 Å². The monoisotopic (exact) mass is 230 g/mol. The Balaban J connectivity index is 2.24. The lowest BCUT2D eigenvalue weighted by Crippen LogP contribution is -2.47. The maximum atomic E-state index is 11.1. The van der Waals surface area contributed by atoms with Crippen LogP contribution >= 0.6 is 22.9 Å². The van der Waals surface area contributed by atoms with Crippen LogP contribution in [0, 0.1) is 0 Å². The molecule has 1 aromatic rings. The Morgan fingerprint density at radius 1 is 1.64 bits per heavy atom. The molecule has 0 saturated carbocycles. The molecule has 1 aliphatic heterocycles.